The van der Waals surface area contributed by atoms with Gasteiger partial charge >= 0.3 is 18.0 Å². The average Bonchev–Trinajstić information content (AvgIpc) is 2.47. The lowest BCUT2D eigenvalue weighted by Gasteiger charge is -2.33. The molecule has 0 N–H and O–H groups in total. The van der Waals surface area contributed by atoms with Crippen molar-refractivity contribution in [3.05, 3.63) is 23.3 Å². The van der Waals surface area contributed by atoms with Crippen LogP contribution in [0, 0.1) is 0 Å². The summed E-state index contributed by atoms with van der Waals surface area (Å²) in [5.41, 5.74) is 0. The van der Waals surface area contributed by atoms with Gasteiger partial charge in [-0.2, -0.15) is 26.3 Å². The largest absolute Gasteiger partial charge is 0.460 e. The van der Waals surface area contributed by atoms with Crippen LogP contribution >= 0.6 is 0 Å². The van der Waals surface area contributed by atoms with Crippen LogP contribution in [0.2, 0.25) is 0 Å². The Morgan fingerprint density at radius 1 is 0.870 bits per heavy atom. The summed E-state index contributed by atoms with van der Waals surface area (Å²) in [6.07, 6.45) is -7.17. The zero-order valence-corrected chi connectivity index (χ0v) is 11.2. The highest BCUT2D eigenvalue weighted by Gasteiger charge is 2.75. The number of allylic oxidation sites excluding steroid dienone is 3. The average molecular weight is 366 g/mol. The van der Waals surface area contributed by atoms with Gasteiger partial charge in [0.05, 0.1) is 6.61 Å². The van der Waals surface area contributed by atoms with E-state index < -0.39 is 61.0 Å². The van der Waals surface area contributed by atoms with Gasteiger partial charge in [0.1, 0.15) is 6.67 Å². The Balaban J connectivity index is 6.30. The predicted octanol–water partition coefficient (Wildman–Crippen LogP) is 5.55. The molecule has 0 aromatic rings. The van der Waals surface area contributed by atoms with Crippen molar-refractivity contribution in [3.8, 4) is 0 Å². The van der Waals surface area contributed by atoms with Crippen LogP contribution < -0.4 is 0 Å². The molecule has 0 aromatic carbocycles. The molecule has 0 amide bonds. The first-order valence-corrected chi connectivity index (χ1v) is 5.71. The molecule has 1 atom stereocenters. The van der Waals surface area contributed by atoms with Crippen molar-refractivity contribution >= 4 is 0 Å². The maximum atomic E-state index is 13.9. The van der Waals surface area contributed by atoms with E-state index in [1.807, 2.05) is 0 Å². The summed E-state index contributed by atoms with van der Waals surface area (Å²) >= 11 is 0. The topological polar surface area (TPSA) is 9.23 Å². The van der Waals surface area contributed by atoms with Gasteiger partial charge in [-0.3, -0.25) is 0 Å². The molecule has 23 heavy (non-hydrogen) atoms. The molecular weight excluding hydrogens is 357 g/mol. The molecule has 0 aliphatic heterocycles. The first-order valence-electron chi connectivity index (χ1n) is 5.71. The fraction of sp³-hybridized carbons (Fsp3) is 0.636. The summed E-state index contributed by atoms with van der Waals surface area (Å²) < 4.78 is 143. The van der Waals surface area contributed by atoms with Crippen molar-refractivity contribution in [2.75, 3.05) is 13.3 Å². The van der Waals surface area contributed by atoms with E-state index in [1.54, 1.807) is 0 Å². The smallest absolute Gasteiger partial charge is 0.336 e. The molecule has 0 rings (SSSR count). The SMILES string of the molecule is CCCOC(F)(/C(F)=C(F)/C(F)=C(\F)CF)C(F)(F)C(F)(F)F. The van der Waals surface area contributed by atoms with Crippen LogP contribution in [0.3, 0.4) is 0 Å². The molecule has 0 aliphatic rings. The highest BCUT2D eigenvalue weighted by molar-refractivity contribution is 5.30. The van der Waals surface area contributed by atoms with Crippen molar-refractivity contribution in [1.82, 2.24) is 0 Å². The number of hydrogen-bond donors (Lipinski definition) is 0. The summed E-state index contributed by atoms with van der Waals surface area (Å²) in [5, 5.41) is 0. The van der Waals surface area contributed by atoms with Gasteiger partial charge < -0.3 is 4.74 Å². The number of halogens is 11. The molecule has 136 valence electrons. The molecule has 1 unspecified atom stereocenters. The Labute approximate surface area is 122 Å². The highest BCUT2D eigenvalue weighted by atomic mass is 19.4. The number of rotatable bonds is 7. The van der Waals surface area contributed by atoms with E-state index in [4.69, 9.17) is 0 Å². The number of alkyl halides is 7. The number of ether oxygens (including phenoxy) is 1. The first kappa shape index (κ1) is 21.7. The Hall–Kier alpha value is -1.33. The van der Waals surface area contributed by atoms with Gasteiger partial charge in [0.15, 0.2) is 17.5 Å². The summed E-state index contributed by atoms with van der Waals surface area (Å²) in [6.45, 7) is -2.54. The van der Waals surface area contributed by atoms with Crippen LogP contribution in [0.15, 0.2) is 23.3 Å². The molecule has 0 aliphatic carbocycles. The van der Waals surface area contributed by atoms with E-state index in [0.29, 0.717) is 0 Å². The van der Waals surface area contributed by atoms with Crippen LogP contribution in [0.4, 0.5) is 48.3 Å². The zero-order chi connectivity index (χ0) is 18.6. The van der Waals surface area contributed by atoms with Crippen LogP contribution in [-0.4, -0.2) is 31.2 Å². The van der Waals surface area contributed by atoms with E-state index in [1.165, 1.54) is 0 Å². The van der Waals surface area contributed by atoms with Crippen LogP contribution in [0.1, 0.15) is 13.3 Å². The van der Waals surface area contributed by atoms with Crippen LogP contribution in [0.25, 0.3) is 0 Å². The number of hydrogen-bond acceptors (Lipinski definition) is 1. The Morgan fingerprint density at radius 2 is 1.35 bits per heavy atom. The van der Waals surface area contributed by atoms with Crippen LogP contribution in [0.5, 0.6) is 0 Å². The monoisotopic (exact) mass is 366 g/mol. The Kier molecular flexibility index (Phi) is 7.06. The first-order chi connectivity index (χ1) is 10.3. The quantitative estimate of drug-likeness (QED) is 0.424. The van der Waals surface area contributed by atoms with Crippen molar-refractivity contribution in [2.45, 2.75) is 31.3 Å². The summed E-state index contributed by atoms with van der Waals surface area (Å²) in [4.78, 5) is 0. The minimum atomic E-state index is -6.76. The minimum absolute atomic E-state index is 0.411. The molecule has 0 heterocycles. The lowest BCUT2D eigenvalue weighted by atomic mass is 10.1. The Bertz CT molecular complexity index is 479. The summed E-state index contributed by atoms with van der Waals surface area (Å²) in [7, 11) is 0. The molecule has 0 saturated carbocycles. The van der Waals surface area contributed by atoms with Gasteiger partial charge in [0.25, 0.3) is 0 Å². The fourth-order valence-electron chi connectivity index (χ4n) is 1.13. The lowest BCUT2D eigenvalue weighted by Crippen LogP contribution is -2.56. The van der Waals surface area contributed by atoms with E-state index >= 15 is 0 Å². The van der Waals surface area contributed by atoms with E-state index in [0.717, 1.165) is 6.92 Å². The second-order valence-corrected chi connectivity index (χ2v) is 4.00. The molecule has 0 saturated heterocycles. The predicted molar refractivity (Wildman–Crippen MR) is 55.5 cm³/mol. The van der Waals surface area contributed by atoms with Crippen LogP contribution in [-0.2, 0) is 4.74 Å². The van der Waals surface area contributed by atoms with E-state index in [9.17, 15) is 48.3 Å². The third-order valence-corrected chi connectivity index (χ3v) is 2.29. The summed E-state index contributed by atoms with van der Waals surface area (Å²) in [5.74, 6) is -25.4. The third kappa shape index (κ3) is 4.15. The minimum Gasteiger partial charge on any atom is -0.336 e. The van der Waals surface area contributed by atoms with Crippen molar-refractivity contribution < 1.29 is 53.0 Å². The van der Waals surface area contributed by atoms with Gasteiger partial charge in [-0.05, 0) is 6.42 Å². The van der Waals surface area contributed by atoms with Gasteiger partial charge in [-0.1, -0.05) is 6.92 Å². The lowest BCUT2D eigenvalue weighted by molar-refractivity contribution is -0.375. The van der Waals surface area contributed by atoms with Crippen molar-refractivity contribution in [2.24, 2.45) is 0 Å². The molecule has 0 radical (unpaired) electrons. The van der Waals surface area contributed by atoms with E-state index in [2.05, 4.69) is 4.74 Å². The molecule has 0 aromatic heterocycles. The van der Waals surface area contributed by atoms with Gasteiger partial charge in [0.2, 0.25) is 5.83 Å². The normalized spacial score (nSPS) is 18.3. The van der Waals surface area contributed by atoms with Gasteiger partial charge in [0, 0.05) is 0 Å². The maximum Gasteiger partial charge on any atom is 0.460 e. The Morgan fingerprint density at radius 3 is 1.70 bits per heavy atom. The van der Waals surface area contributed by atoms with Gasteiger partial charge in [-0.25, -0.2) is 22.0 Å². The van der Waals surface area contributed by atoms with E-state index in [-0.39, 0.29) is 0 Å². The van der Waals surface area contributed by atoms with Gasteiger partial charge in [-0.15, -0.1) is 0 Å². The fourth-order valence-corrected chi connectivity index (χ4v) is 1.13. The molecule has 0 bridgehead atoms. The highest BCUT2D eigenvalue weighted by Crippen LogP contribution is 2.51. The molecule has 12 heteroatoms. The second-order valence-electron chi connectivity index (χ2n) is 4.00. The maximum absolute atomic E-state index is 13.9. The molecule has 0 fully saturated rings. The standard InChI is InChI=1S/C11H9F11O/c1-2-3-23-9(17,10(18,19)11(20,21)22)8(16)7(15)6(14)5(13)4-12/h2-4H2,1H3/b6-5+,8-7+. The second kappa shape index (κ2) is 7.49. The molecule has 1 nitrogen and oxygen atoms in total. The van der Waals surface area contributed by atoms with Crippen molar-refractivity contribution in [1.29, 1.82) is 0 Å². The molecular formula is C11H9F11O. The zero-order valence-electron chi connectivity index (χ0n) is 11.2. The molecule has 0 spiro atoms. The van der Waals surface area contributed by atoms with Crippen molar-refractivity contribution in [3.63, 3.8) is 0 Å². The summed E-state index contributed by atoms with van der Waals surface area (Å²) in [6, 6.07) is 0. The third-order valence-electron chi connectivity index (χ3n) is 2.29.